The van der Waals surface area contributed by atoms with Gasteiger partial charge in [0.25, 0.3) is 0 Å². The van der Waals surface area contributed by atoms with Gasteiger partial charge in [0.2, 0.25) is 11.8 Å². The molecule has 176 valence electrons. The fourth-order valence-electron chi connectivity index (χ4n) is 5.51. The molecule has 3 aliphatic heterocycles. The van der Waals surface area contributed by atoms with E-state index in [1.165, 1.54) is 5.69 Å². The molecule has 4 rings (SSSR count). The van der Waals surface area contributed by atoms with Crippen molar-refractivity contribution in [2.45, 2.75) is 72.1 Å². The van der Waals surface area contributed by atoms with E-state index in [4.69, 9.17) is 4.74 Å². The Morgan fingerprint density at radius 1 is 0.938 bits per heavy atom. The Morgan fingerprint density at radius 2 is 1.59 bits per heavy atom. The average Bonchev–Trinajstić information content (AvgIpc) is 3.09. The van der Waals surface area contributed by atoms with Gasteiger partial charge in [-0.05, 0) is 31.4 Å². The molecule has 3 saturated heterocycles. The Bertz CT molecular complexity index is 824. The summed E-state index contributed by atoms with van der Waals surface area (Å²) in [5.74, 6) is 0.405. The van der Waals surface area contributed by atoms with Crippen LogP contribution in [0, 0.1) is 10.8 Å². The van der Waals surface area contributed by atoms with Crippen molar-refractivity contribution in [1.29, 1.82) is 0 Å². The van der Waals surface area contributed by atoms with Crippen LogP contribution in [0.3, 0.4) is 0 Å². The Kier molecular flexibility index (Phi) is 6.27. The molecule has 0 aliphatic carbocycles. The van der Waals surface area contributed by atoms with Gasteiger partial charge in [-0.2, -0.15) is 0 Å². The lowest BCUT2D eigenvalue weighted by Crippen LogP contribution is -2.58. The molecule has 0 radical (unpaired) electrons. The van der Waals surface area contributed by atoms with Crippen molar-refractivity contribution in [3.8, 4) is 0 Å². The van der Waals surface area contributed by atoms with E-state index in [0.717, 1.165) is 39.0 Å². The SMILES string of the molecule is CC(C)(C)C(=O)N1C2CCC1C(CC(C)(C)C(=O)N1CCN(c3ccccc3)CC1)OC2. The van der Waals surface area contributed by atoms with Gasteiger partial charge in [0.1, 0.15) is 0 Å². The quantitative estimate of drug-likeness (QED) is 0.717. The first-order chi connectivity index (χ1) is 15.1. The van der Waals surface area contributed by atoms with Crippen LogP contribution in [-0.2, 0) is 14.3 Å². The highest BCUT2D eigenvalue weighted by Gasteiger charge is 2.50. The number of carbonyl (C=O) groups excluding carboxylic acids is 2. The predicted molar refractivity (Wildman–Crippen MR) is 126 cm³/mol. The lowest BCUT2D eigenvalue weighted by atomic mass is 9.82. The van der Waals surface area contributed by atoms with Gasteiger partial charge in [0, 0.05) is 42.7 Å². The van der Waals surface area contributed by atoms with Gasteiger partial charge >= 0.3 is 0 Å². The minimum atomic E-state index is -0.522. The Labute approximate surface area is 192 Å². The maximum Gasteiger partial charge on any atom is 0.228 e. The van der Waals surface area contributed by atoms with Crippen LogP contribution in [0.15, 0.2) is 30.3 Å². The van der Waals surface area contributed by atoms with Crippen molar-refractivity contribution >= 4 is 17.5 Å². The minimum absolute atomic E-state index is 0.0791. The van der Waals surface area contributed by atoms with Crippen LogP contribution in [0.2, 0.25) is 0 Å². The summed E-state index contributed by atoms with van der Waals surface area (Å²) in [4.78, 5) is 33.0. The van der Waals surface area contributed by atoms with E-state index in [0.29, 0.717) is 13.0 Å². The molecule has 3 heterocycles. The van der Waals surface area contributed by atoms with Gasteiger partial charge in [0.15, 0.2) is 0 Å². The first-order valence-corrected chi connectivity index (χ1v) is 12.1. The van der Waals surface area contributed by atoms with Crippen molar-refractivity contribution in [2.24, 2.45) is 10.8 Å². The Morgan fingerprint density at radius 3 is 2.22 bits per heavy atom. The number of hydrogen-bond donors (Lipinski definition) is 0. The summed E-state index contributed by atoms with van der Waals surface area (Å²) in [6, 6.07) is 10.7. The number of hydrogen-bond acceptors (Lipinski definition) is 4. The van der Waals surface area contributed by atoms with Crippen LogP contribution >= 0.6 is 0 Å². The molecule has 1 aromatic carbocycles. The first kappa shape index (κ1) is 23.1. The number of benzene rings is 1. The number of ether oxygens (including phenoxy) is 1. The highest BCUT2D eigenvalue weighted by Crippen LogP contribution is 2.40. The molecule has 2 amide bonds. The molecule has 1 aromatic rings. The van der Waals surface area contributed by atoms with Crippen LogP contribution in [0.5, 0.6) is 0 Å². The Balaban J connectivity index is 1.38. The fraction of sp³-hybridized carbons (Fsp3) is 0.692. The smallest absolute Gasteiger partial charge is 0.228 e. The monoisotopic (exact) mass is 441 g/mol. The van der Waals surface area contributed by atoms with Crippen LogP contribution < -0.4 is 4.90 Å². The third kappa shape index (κ3) is 4.52. The summed E-state index contributed by atoms with van der Waals surface area (Å²) in [6.45, 7) is 13.8. The summed E-state index contributed by atoms with van der Waals surface area (Å²) >= 11 is 0. The molecule has 0 spiro atoms. The lowest BCUT2D eigenvalue weighted by molar-refractivity contribution is -0.160. The maximum atomic E-state index is 13.5. The van der Waals surface area contributed by atoms with Crippen molar-refractivity contribution in [3.05, 3.63) is 30.3 Å². The Hall–Kier alpha value is -2.08. The molecular weight excluding hydrogens is 402 g/mol. The molecule has 3 aliphatic rings. The summed E-state index contributed by atoms with van der Waals surface area (Å²) in [5.41, 5.74) is 0.298. The third-order valence-electron chi connectivity index (χ3n) is 7.33. The topological polar surface area (TPSA) is 53.1 Å². The van der Waals surface area contributed by atoms with Crippen LogP contribution in [0.4, 0.5) is 5.69 Å². The van der Waals surface area contributed by atoms with Crippen molar-refractivity contribution in [3.63, 3.8) is 0 Å². The van der Waals surface area contributed by atoms with Crippen LogP contribution in [0.1, 0.15) is 53.9 Å². The van der Waals surface area contributed by atoms with Gasteiger partial charge in [-0.3, -0.25) is 9.59 Å². The highest BCUT2D eigenvalue weighted by molar-refractivity contribution is 5.83. The van der Waals surface area contributed by atoms with Crippen molar-refractivity contribution in [2.75, 3.05) is 37.7 Å². The van der Waals surface area contributed by atoms with E-state index in [2.05, 4.69) is 34.1 Å². The molecule has 6 nitrogen and oxygen atoms in total. The molecule has 3 atom stereocenters. The molecule has 3 unspecified atom stereocenters. The van der Waals surface area contributed by atoms with Crippen LogP contribution in [-0.4, -0.2) is 72.6 Å². The number of fused-ring (bicyclic) bond motifs is 2. The van der Waals surface area contributed by atoms with E-state index in [1.54, 1.807) is 0 Å². The largest absolute Gasteiger partial charge is 0.374 e. The zero-order chi connectivity index (χ0) is 23.1. The van der Waals surface area contributed by atoms with E-state index in [9.17, 15) is 9.59 Å². The second-order valence-electron chi connectivity index (χ2n) is 11.3. The second-order valence-corrected chi connectivity index (χ2v) is 11.3. The second kappa shape index (κ2) is 8.69. The first-order valence-electron chi connectivity index (χ1n) is 12.1. The summed E-state index contributed by atoms with van der Waals surface area (Å²) in [5, 5.41) is 0. The van der Waals surface area contributed by atoms with E-state index >= 15 is 0 Å². The predicted octanol–water partition coefficient (Wildman–Crippen LogP) is 3.56. The molecule has 0 N–H and O–H groups in total. The van der Waals surface area contributed by atoms with Gasteiger partial charge in [0.05, 0.1) is 24.8 Å². The van der Waals surface area contributed by atoms with Crippen molar-refractivity contribution in [1.82, 2.24) is 9.80 Å². The van der Waals surface area contributed by atoms with Gasteiger partial charge < -0.3 is 19.4 Å². The van der Waals surface area contributed by atoms with E-state index in [-0.39, 0.29) is 30.0 Å². The molecule has 3 fully saturated rings. The highest BCUT2D eigenvalue weighted by atomic mass is 16.5. The molecule has 0 aromatic heterocycles. The number of anilines is 1. The number of carbonyl (C=O) groups is 2. The van der Waals surface area contributed by atoms with Crippen LogP contribution in [0.25, 0.3) is 0 Å². The molecule has 2 bridgehead atoms. The van der Waals surface area contributed by atoms with Gasteiger partial charge in [-0.1, -0.05) is 52.8 Å². The number of nitrogens with zero attached hydrogens (tertiary/aromatic N) is 3. The normalized spacial score (nSPS) is 26.4. The molecule has 6 heteroatoms. The zero-order valence-electron chi connectivity index (χ0n) is 20.3. The zero-order valence-corrected chi connectivity index (χ0v) is 20.3. The van der Waals surface area contributed by atoms with Crippen molar-refractivity contribution < 1.29 is 14.3 Å². The number of para-hydroxylation sites is 1. The number of morpholine rings is 1. The summed E-state index contributed by atoms with van der Waals surface area (Å²) < 4.78 is 6.23. The molecule has 32 heavy (non-hydrogen) atoms. The van der Waals surface area contributed by atoms with E-state index < -0.39 is 10.8 Å². The number of piperazine rings is 1. The van der Waals surface area contributed by atoms with Gasteiger partial charge in [-0.25, -0.2) is 0 Å². The third-order valence-corrected chi connectivity index (χ3v) is 7.33. The molecule has 0 saturated carbocycles. The minimum Gasteiger partial charge on any atom is -0.374 e. The summed E-state index contributed by atoms with van der Waals surface area (Å²) in [6.07, 6.45) is 2.54. The van der Waals surface area contributed by atoms with E-state index in [1.807, 2.05) is 45.6 Å². The van der Waals surface area contributed by atoms with Gasteiger partial charge in [-0.15, -0.1) is 0 Å². The summed E-state index contributed by atoms with van der Waals surface area (Å²) in [7, 11) is 0. The fourth-order valence-corrected chi connectivity index (χ4v) is 5.51. The number of amides is 2. The lowest BCUT2D eigenvalue weighted by Gasteiger charge is -2.45. The molecular formula is C26H39N3O3. The standard InChI is InChI=1S/C26H39N3O3/c1-25(2,3)23(30)29-20-11-12-21(29)22(32-18-20)17-26(4,5)24(31)28-15-13-27(14-16-28)19-9-7-6-8-10-19/h6-10,20-22H,11-18H2,1-5H3. The maximum absolute atomic E-state index is 13.5. The average molecular weight is 442 g/mol. The number of rotatable bonds is 4.